The molecule has 2 heterocycles. The fourth-order valence-electron chi connectivity index (χ4n) is 8.45. The lowest BCUT2D eigenvalue weighted by Crippen LogP contribution is -2.31. The molecule has 2 aliphatic rings. The number of nitrogens with zero attached hydrogens (tertiary/aromatic N) is 2. The van der Waals surface area contributed by atoms with Gasteiger partial charge in [0.15, 0.2) is 0 Å². The van der Waals surface area contributed by atoms with E-state index in [0.29, 0.717) is 16.7 Å². The van der Waals surface area contributed by atoms with Crippen LogP contribution in [0.2, 0.25) is 0 Å². The van der Waals surface area contributed by atoms with E-state index in [1.54, 1.807) is 4.57 Å². The number of fused-ring (bicyclic) bond motifs is 8. The third kappa shape index (κ3) is 3.96. The Bertz CT molecular complexity index is 3180. The first-order valence-electron chi connectivity index (χ1n) is 21.9. The van der Waals surface area contributed by atoms with E-state index in [1.165, 1.54) is 5.56 Å². The molecule has 0 N–H and O–H groups in total. The van der Waals surface area contributed by atoms with Crippen LogP contribution >= 0.6 is 0 Å². The number of hydrogen-bond donors (Lipinski definition) is 0. The molecule has 240 valence electrons. The zero-order valence-corrected chi connectivity index (χ0v) is 28.1. The minimum absolute atomic E-state index is 0.0828. The quantitative estimate of drug-likeness (QED) is 0.184. The van der Waals surface area contributed by atoms with Crippen molar-refractivity contribution in [2.24, 2.45) is 0 Å². The molecule has 0 saturated heterocycles. The van der Waals surface area contributed by atoms with Crippen molar-refractivity contribution in [3.05, 3.63) is 180 Å². The Morgan fingerprint density at radius 2 is 1.08 bits per heavy atom. The zero-order chi connectivity index (χ0) is 42.5. The molecule has 10 rings (SSSR count). The van der Waals surface area contributed by atoms with Gasteiger partial charge in [0.05, 0.1) is 36.1 Å². The van der Waals surface area contributed by atoms with Crippen molar-refractivity contribution >= 4 is 38.9 Å². The van der Waals surface area contributed by atoms with E-state index in [1.807, 2.05) is 59.5 Å². The summed E-state index contributed by atoms with van der Waals surface area (Å²) in [7, 11) is 0. The van der Waals surface area contributed by atoms with Gasteiger partial charge in [-0.15, -0.1) is 0 Å². The highest BCUT2D eigenvalue weighted by molar-refractivity contribution is 6.10. The number of para-hydroxylation sites is 3. The van der Waals surface area contributed by atoms with Crippen LogP contribution < -0.4 is 4.90 Å². The van der Waals surface area contributed by atoms with Crippen LogP contribution in [0, 0.1) is 0 Å². The average Bonchev–Trinajstić information content (AvgIpc) is 3.68. The first-order chi connectivity index (χ1) is 28.5. The van der Waals surface area contributed by atoms with Crippen LogP contribution in [-0.4, -0.2) is 4.57 Å². The number of benzene rings is 7. The summed E-state index contributed by atoms with van der Waals surface area (Å²) in [6.07, 6.45) is 0. The first kappa shape index (κ1) is 20.6. The van der Waals surface area contributed by atoms with E-state index in [2.05, 4.69) is 70.2 Å². The Morgan fingerprint density at radius 3 is 1.88 bits per heavy atom. The molecule has 0 amide bonds. The van der Waals surface area contributed by atoms with Gasteiger partial charge in [-0.1, -0.05) is 119 Å². The fraction of sp³-hybridized carbons (Fsp3) is 0.125. The van der Waals surface area contributed by atoms with Gasteiger partial charge < -0.3 is 9.47 Å². The average molecular weight is 653 g/mol. The van der Waals surface area contributed by atoms with Gasteiger partial charge in [-0.3, -0.25) is 0 Å². The van der Waals surface area contributed by atoms with Crippen LogP contribution in [0.1, 0.15) is 63.7 Å². The van der Waals surface area contributed by atoms with E-state index in [9.17, 15) is 0 Å². The SMILES string of the molecule is [2H]c1c([2H])c([2H])c(N2c3ccc(-c4ccc5c(c4)c4ccccc4n5-c4c([2H])c([2H])c([2H])c([2H])c4[2H])cc3C(C)(C)c3cc4c(cc32)C(C)(C)c2ccccc2-4)c([2H])c1[2H]. The molecule has 2 heteroatoms. The number of rotatable bonds is 3. The molecule has 0 spiro atoms. The number of anilines is 3. The third-order valence-corrected chi connectivity index (χ3v) is 11.0. The van der Waals surface area contributed by atoms with E-state index >= 15 is 0 Å². The minimum atomic E-state index is -0.609. The predicted molar refractivity (Wildman–Crippen MR) is 211 cm³/mol. The summed E-state index contributed by atoms with van der Waals surface area (Å²) in [5.74, 6) is 0. The lowest BCUT2D eigenvalue weighted by molar-refractivity contribution is 0.627. The van der Waals surface area contributed by atoms with Gasteiger partial charge in [-0.2, -0.15) is 0 Å². The monoisotopic (exact) mass is 652 g/mol. The van der Waals surface area contributed by atoms with Crippen molar-refractivity contribution in [3.8, 4) is 27.9 Å². The molecule has 0 bridgehead atoms. The fourth-order valence-corrected chi connectivity index (χ4v) is 8.45. The van der Waals surface area contributed by atoms with Crippen molar-refractivity contribution < 1.29 is 13.7 Å². The molecule has 0 unspecified atom stereocenters. The Morgan fingerprint density at radius 1 is 0.460 bits per heavy atom. The Labute approximate surface area is 307 Å². The minimum Gasteiger partial charge on any atom is -0.310 e. The second kappa shape index (κ2) is 10.3. The van der Waals surface area contributed by atoms with Gasteiger partial charge in [-0.25, -0.2) is 0 Å². The van der Waals surface area contributed by atoms with Crippen LogP contribution in [-0.2, 0) is 10.8 Å². The summed E-state index contributed by atoms with van der Waals surface area (Å²) >= 11 is 0. The maximum Gasteiger partial charge on any atom is 0.0645 e. The highest BCUT2D eigenvalue weighted by Crippen LogP contribution is 2.57. The Balaban J connectivity index is 1.22. The largest absolute Gasteiger partial charge is 0.310 e. The first-order valence-corrected chi connectivity index (χ1v) is 16.9. The summed E-state index contributed by atoms with van der Waals surface area (Å²) in [5, 5.41) is 1.70. The van der Waals surface area contributed by atoms with Crippen molar-refractivity contribution in [2.45, 2.75) is 38.5 Å². The van der Waals surface area contributed by atoms with Crippen molar-refractivity contribution in [1.29, 1.82) is 0 Å². The standard InChI is InChI=1S/C48H38N2/c1-47(2)39-21-13-11-19-35(39)37-29-42-46(30-40(37)47)50(34-17-9-6-10-18-34)45-26-24-32(28-41(45)48(42,3)4)31-23-25-44-38(27-31)36-20-12-14-22-43(36)49(44)33-15-7-5-8-16-33/h5-30H,1-4H3/i5D,6D,7D,8D,9D,10D,15D,16D,17D,18D. The third-order valence-electron chi connectivity index (χ3n) is 11.0. The molecule has 0 fully saturated rings. The number of aromatic nitrogens is 1. The summed E-state index contributed by atoms with van der Waals surface area (Å²) in [6.45, 7) is 8.74. The molecule has 1 aliphatic heterocycles. The zero-order valence-electron chi connectivity index (χ0n) is 38.1. The smallest absolute Gasteiger partial charge is 0.0645 e. The van der Waals surface area contributed by atoms with E-state index < -0.39 is 41.7 Å². The van der Waals surface area contributed by atoms with Gasteiger partial charge in [0, 0.05) is 33.0 Å². The molecule has 0 atom stereocenters. The molecule has 1 aliphatic carbocycles. The molecule has 2 nitrogen and oxygen atoms in total. The Kier molecular flexibility index (Phi) is 4.25. The summed E-state index contributed by atoms with van der Waals surface area (Å²) in [5.41, 5.74) is 10.3. The summed E-state index contributed by atoms with van der Waals surface area (Å²) in [4.78, 5) is 1.86. The van der Waals surface area contributed by atoms with Gasteiger partial charge in [0.25, 0.3) is 0 Å². The van der Waals surface area contributed by atoms with Crippen molar-refractivity contribution in [2.75, 3.05) is 4.90 Å². The molecule has 1 aromatic heterocycles. The number of hydrogen-bond acceptors (Lipinski definition) is 1. The highest BCUT2D eigenvalue weighted by atomic mass is 15.2. The lowest BCUT2D eigenvalue weighted by Gasteiger charge is -2.43. The predicted octanol–water partition coefficient (Wildman–Crippen LogP) is 12.9. The maximum atomic E-state index is 9.16. The highest BCUT2D eigenvalue weighted by Gasteiger charge is 2.42. The molecule has 0 saturated carbocycles. The molecule has 50 heavy (non-hydrogen) atoms. The van der Waals surface area contributed by atoms with Gasteiger partial charge in [0.1, 0.15) is 0 Å². The molecule has 7 aromatic carbocycles. The van der Waals surface area contributed by atoms with E-state index in [0.717, 1.165) is 55.4 Å². The van der Waals surface area contributed by atoms with Crippen LogP contribution in [0.5, 0.6) is 0 Å². The van der Waals surface area contributed by atoms with Crippen molar-refractivity contribution in [3.63, 3.8) is 0 Å². The van der Waals surface area contributed by atoms with Gasteiger partial charge in [-0.05, 0) is 111 Å². The van der Waals surface area contributed by atoms with Gasteiger partial charge in [0.2, 0.25) is 0 Å². The van der Waals surface area contributed by atoms with Crippen LogP contribution in [0.4, 0.5) is 17.1 Å². The van der Waals surface area contributed by atoms with Crippen molar-refractivity contribution in [1.82, 2.24) is 4.57 Å². The topological polar surface area (TPSA) is 8.17 Å². The lowest BCUT2D eigenvalue weighted by atomic mass is 9.71. The van der Waals surface area contributed by atoms with Gasteiger partial charge >= 0.3 is 0 Å². The Hall–Kier alpha value is -5.86. The van der Waals surface area contributed by atoms with E-state index in [4.69, 9.17) is 13.7 Å². The molecule has 8 aromatic rings. The van der Waals surface area contributed by atoms with E-state index in [-0.39, 0.29) is 41.0 Å². The molecular formula is C48H38N2. The van der Waals surface area contributed by atoms with Crippen LogP contribution in [0.15, 0.2) is 157 Å². The second-order valence-electron chi connectivity index (χ2n) is 14.3. The molecular weight excluding hydrogens is 605 g/mol. The maximum absolute atomic E-state index is 9.16. The van der Waals surface area contributed by atoms with Crippen LogP contribution in [0.25, 0.3) is 49.7 Å². The van der Waals surface area contributed by atoms with Crippen LogP contribution in [0.3, 0.4) is 0 Å². The molecule has 0 radical (unpaired) electrons. The normalized spacial score (nSPS) is 17.9. The second-order valence-corrected chi connectivity index (χ2v) is 14.3. The summed E-state index contributed by atoms with van der Waals surface area (Å²) < 4.78 is 88.4. The summed E-state index contributed by atoms with van der Waals surface area (Å²) in [6, 6.07) is 28.8.